The van der Waals surface area contributed by atoms with E-state index in [1.54, 1.807) is 21.6 Å². The Labute approximate surface area is 168 Å². The Kier molecular flexibility index (Phi) is 5.03. The molecule has 0 aliphatic carbocycles. The third-order valence-corrected chi connectivity index (χ3v) is 5.01. The molecule has 0 unspecified atom stereocenters. The fourth-order valence-electron chi connectivity index (χ4n) is 3.43. The van der Waals surface area contributed by atoms with Crippen molar-refractivity contribution in [1.82, 2.24) is 19.5 Å². The van der Waals surface area contributed by atoms with Crippen LogP contribution in [0.1, 0.15) is 23.4 Å². The highest BCUT2D eigenvalue weighted by molar-refractivity contribution is 5.75. The predicted octanol–water partition coefficient (Wildman–Crippen LogP) is 2.64. The first-order valence-corrected chi connectivity index (χ1v) is 9.20. The van der Waals surface area contributed by atoms with E-state index in [2.05, 4.69) is 15.0 Å². The minimum atomic E-state index is -4.60. The molecule has 0 aromatic carbocycles. The van der Waals surface area contributed by atoms with Crippen LogP contribution < -0.4 is 10.6 Å². The van der Waals surface area contributed by atoms with Gasteiger partial charge in [0.1, 0.15) is 17.9 Å². The summed E-state index contributed by atoms with van der Waals surface area (Å²) in [6, 6.07) is 6.73. The molecule has 1 aliphatic rings. The molecule has 0 amide bonds. The maximum Gasteiger partial charge on any atom is 0.433 e. The Morgan fingerprint density at radius 1 is 1.20 bits per heavy atom. The molecular weight excluding hydrogens is 402 g/mol. The number of hydrogen-bond donors (Lipinski definition) is 1. The normalized spacial score (nSPS) is 19.8. The van der Waals surface area contributed by atoms with Crippen LogP contribution in [0, 0.1) is 11.3 Å². The summed E-state index contributed by atoms with van der Waals surface area (Å²) in [5.74, 6) is 0.352. The Bertz CT molecular complexity index is 1100. The van der Waals surface area contributed by atoms with Gasteiger partial charge in [0, 0.05) is 19.3 Å². The molecule has 2 N–H and O–H groups in total. The molecule has 1 fully saturated rings. The molecule has 0 spiro atoms. The SMILES string of the molecule is N#Cc1ccc(Cn2c(N3CC[C@@H](F)[C@H](N)C3)nc3nc(C(F)(F)F)ccc32)nc1. The predicted molar refractivity (Wildman–Crippen MR) is 100 cm³/mol. The van der Waals surface area contributed by atoms with E-state index in [-0.39, 0.29) is 25.2 Å². The number of aromatic nitrogens is 4. The molecule has 0 saturated carbocycles. The number of alkyl halides is 4. The number of hydrogen-bond acceptors (Lipinski definition) is 6. The summed E-state index contributed by atoms with van der Waals surface area (Å²) in [6.45, 7) is 0.692. The Balaban J connectivity index is 1.79. The van der Waals surface area contributed by atoms with Gasteiger partial charge in [0.25, 0.3) is 0 Å². The lowest BCUT2D eigenvalue weighted by Crippen LogP contribution is -2.50. The number of imidazole rings is 1. The maximum absolute atomic E-state index is 13.8. The van der Waals surface area contributed by atoms with Crippen LogP contribution in [0.5, 0.6) is 0 Å². The first kappa shape index (κ1) is 20.0. The van der Waals surface area contributed by atoms with E-state index in [4.69, 9.17) is 11.0 Å². The molecule has 156 valence electrons. The minimum absolute atomic E-state index is 0.0654. The van der Waals surface area contributed by atoms with Crippen molar-refractivity contribution in [3.63, 3.8) is 0 Å². The van der Waals surface area contributed by atoms with Crippen molar-refractivity contribution < 1.29 is 17.6 Å². The first-order valence-electron chi connectivity index (χ1n) is 9.20. The third-order valence-electron chi connectivity index (χ3n) is 5.01. The van der Waals surface area contributed by atoms with Crippen molar-refractivity contribution in [3.05, 3.63) is 47.4 Å². The van der Waals surface area contributed by atoms with Gasteiger partial charge in [0.15, 0.2) is 5.65 Å². The molecule has 0 bridgehead atoms. The second-order valence-electron chi connectivity index (χ2n) is 7.10. The quantitative estimate of drug-likeness (QED) is 0.656. The monoisotopic (exact) mass is 419 g/mol. The number of nitrogens with zero attached hydrogens (tertiary/aromatic N) is 6. The van der Waals surface area contributed by atoms with Gasteiger partial charge in [-0.25, -0.2) is 9.37 Å². The molecule has 4 heterocycles. The Morgan fingerprint density at radius 3 is 2.63 bits per heavy atom. The summed E-state index contributed by atoms with van der Waals surface area (Å²) in [4.78, 5) is 14.0. The fourth-order valence-corrected chi connectivity index (χ4v) is 3.43. The molecule has 3 aromatic rings. The van der Waals surface area contributed by atoms with E-state index in [1.165, 1.54) is 12.3 Å². The Morgan fingerprint density at radius 2 is 2.00 bits per heavy atom. The van der Waals surface area contributed by atoms with E-state index in [1.807, 2.05) is 6.07 Å². The fraction of sp³-hybridized carbons (Fsp3) is 0.368. The summed E-state index contributed by atoms with van der Waals surface area (Å²) in [5, 5.41) is 8.92. The van der Waals surface area contributed by atoms with E-state index < -0.39 is 24.1 Å². The van der Waals surface area contributed by atoms with Crippen LogP contribution in [-0.4, -0.2) is 44.8 Å². The maximum atomic E-state index is 13.8. The number of halogens is 4. The van der Waals surface area contributed by atoms with Crippen molar-refractivity contribution in [2.24, 2.45) is 5.73 Å². The number of nitriles is 1. The smallest absolute Gasteiger partial charge is 0.340 e. The van der Waals surface area contributed by atoms with E-state index in [0.29, 0.717) is 29.3 Å². The molecule has 4 rings (SSSR count). The Hall–Kier alpha value is -3.26. The molecule has 11 heteroatoms. The number of nitrogens with two attached hydrogens (primary N) is 1. The van der Waals surface area contributed by atoms with Gasteiger partial charge in [-0.15, -0.1) is 0 Å². The molecule has 7 nitrogen and oxygen atoms in total. The summed E-state index contributed by atoms with van der Waals surface area (Å²) < 4.78 is 54.8. The second kappa shape index (κ2) is 7.53. The van der Waals surface area contributed by atoms with Gasteiger partial charge in [-0.3, -0.25) is 4.98 Å². The number of fused-ring (bicyclic) bond motifs is 1. The molecule has 0 radical (unpaired) electrons. The van der Waals surface area contributed by atoms with Crippen molar-refractivity contribution >= 4 is 17.1 Å². The standard InChI is InChI=1S/C19H17F4N7/c20-13-5-6-29(10-14(13)25)18-28-17-15(3-4-16(27-17)19(21,22)23)30(18)9-12-2-1-11(7-24)8-26-12/h1-4,8,13-14H,5-6,9-10,25H2/t13-,14-/m1/s1. The lowest BCUT2D eigenvalue weighted by molar-refractivity contribution is -0.141. The average molecular weight is 419 g/mol. The van der Waals surface area contributed by atoms with Crippen LogP contribution in [0.15, 0.2) is 30.5 Å². The molecule has 3 aromatic heterocycles. The highest BCUT2D eigenvalue weighted by Crippen LogP contribution is 2.31. The van der Waals surface area contributed by atoms with Crippen molar-refractivity contribution in [1.29, 1.82) is 5.26 Å². The number of anilines is 1. The van der Waals surface area contributed by atoms with E-state index in [9.17, 15) is 17.6 Å². The van der Waals surface area contributed by atoms with Crippen molar-refractivity contribution in [3.8, 4) is 6.07 Å². The average Bonchev–Trinajstić information content (AvgIpc) is 3.07. The molecular formula is C19H17F4N7. The highest BCUT2D eigenvalue weighted by Gasteiger charge is 2.34. The summed E-state index contributed by atoms with van der Waals surface area (Å²) in [6.07, 6.45) is -4.13. The van der Waals surface area contributed by atoms with Crippen LogP contribution in [0.3, 0.4) is 0 Å². The van der Waals surface area contributed by atoms with Crippen molar-refractivity contribution in [2.45, 2.75) is 31.4 Å². The van der Waals surface area contributed by atoms with Gasteiger partial charge in [-0.1, -0.05) is 0 Å². The number of pyridine rings is 2. The van der Waals surface area contributed by atoms with Gasteiger partial charge in [-0.05, 0) is 30.7 Å². The zero-order valence-corrected chi connectivity index (χ0v) is 15.6. The minimum Gasteiger partial charge on any atom is -0.340 e. The second-order valence-corrected chi connectivity index (χ2v) is 7.10. The lowest BCUT2D eigenvalue weighted by atomic mass is 10.1. The molecule has 1 saturated heterocycles. The summed E-state index contributed by atoms with van der Waals surface area (Å²) >= 11 is 0. The first-order chi connectivity index (χ1) is 14.3. The van der Waals surface area contributed by atoms with Crippen LogP contribution in [0.4, 0.5) is 23.5 Å². The zero-order valence-electron chi connectivity index (χ0n) is 15.6. The van der Waals surface area contributed by atoms with Gasteiger partial charge in [0.2, 0.25) is 5.95 Å². The van der Waals surface area contributed by atoms with Gasteiger partial charge >= 0.3 is 6.18 Å². The van der Waals surface area contributed by atoms with Crippen LogP contribution in [0.25, 0.3) is 11.2 Å². The highest BCUT2D eigenvalue weighted by atomic mass is 19.4. The van der Waals surface area contributed by atoms with Gasteiger partial charge < -0.3 is 15.2 Å². The van der Waals surface area contributed by atoms with Crippen LogP contribution in [-0.2, 0) is 12.7 Å². The van der Waals surface area contributed by atoms with Crippen LogP contribution in [0.2, 0.25) is 0 Å². The zero-order chi connectivity index (χ0) is 21.5. The van der Waals surface area contributed by atoms with Gasteiger partial charge in [-0.2, -0.15) is 23.4 Å². The van der Waals surface area contributed by atoms with Crippen molar-refractivity contribution in [2.75, 3.05) is 18.0 Å². The van der Waals surface area contributed by atoms with Gasteiger partial charge in [0.05, 0.1) is 29.4 Å². The topological polar surface area (TPSA) is 96.7 Å². The third kappa shape index (κ3) is 3.78. The number of piperidine rings is 1. The van der Waals surface area contributed by atoms with Crippen LogP contribution >= 0.6 is 0 Å². The summed E-state index contributed by atoms with van der Waals surface area (Å²) in [7, 11) is 0. The lowest BCUT2D eigenvalue weighted by Gasteiger charge is -2.34. The largest absolute Gasteiger partial charge is 0.433 e. The van der Waals surface area contributed by atoms with E-state index in [0.717, 1.165) is 6.07 Å². The molecule has 2 atom stereocenters. The molecule has 1 aliphatic heterocycles. The summed E-state index contributed by atoms with van der Waals surface area (Å²) in [5.41, 5.74) is 6.11. The van der Waals surface area contributed by atoms with E-state index >= 15 is 0 Å². The number of rotatable bonds is 3. The molecule has 30 heavy (non-hydrogen) atoms.